The van der Waals surface area contributed by atoms with Crippen molar-refractivity contribution in [2.45, 2.75) is 6.42 Å². The number of benzene rings is 1. The molecule has 54 valence electrons. The van der Waals surface area contributed by atoms with Crippen LogP contribution in [0.15, 0.2) is 24.3 Å². The summed E-state index contributed by atoms with van der Waals surface area (Å²) >= 11 is 0. The standard InChI is InChI=1S/C9H6O2/c1-2-6-9-8(4-1)5-3-7-10-11-9/h1-2,4,6H,5H2. The maximum Gasteiger partial charge on any atom is 0.196 e. The van der Waals surface area contributed by atoms with Gasteiger partial charge in [0.15, 0.2) is 12.4 Å². The molecule has 1 aromatic rings. The molecule has 11 heavy (non-hydrogen) atoms. The van der Waals surface area contributed by atoms with Gasteiger partial charge in [-0.2, -0.15) is 4.89 Å². The normalized spacial score (nSPS) is 16.4. The molecule has 1 aliphatic rings. The van der Waals surface area contributed by atoms with Crippen LogP contribution in [-0.4, -0.2) is 0 Å². The molecule has 0 atom stereocenters. The summed E-state index contributed by atoms with van der Waals surface area (Å²) in [7, 11) is 0. The second-order valence-corrected chi connectivity index (χ2v) is 2.23. The van der Waals surface area contributed by atoms with Gasteiger partial charge < -0.3 is 4.89 Å². The number of hydrogen-bond acceptors (Lipinski definition) is 2. The smallest absolute Gasteiger partial charge is 0.196 e. The van der Waals surface area contributed by atoms with E-state index in [1.54, 1.807) is 0 Å². The lowest BCUT2D eigenvalue weighted by Gasteiger charge is -2.01. The maximum absolute atomic E-state index is 4.87. The van der Waals surface area contributed by atoms with E-state index in [4.69, 9.17) is 4.89 Å². The minimum Gasteiger partial charge on any atom is -0.336 e. The highest BCUT2D eigenvalue weighted by molar-refractivity contribution is 5.34. The lowest BCUT2D eigenvalue weighted by atomic mass is 10.1. The first-order valence-electron chi connectivity index (χ1n) is 3.36. The summed E-state index contributed by atoms with van der Waals surface area (Å²) in [6.45, 7) is 2.42. The van der Waals surface area contributed by atoms with Crippen LogP contribution >= 0.6 is 0 Å². The zero-order chi connectivity index (χ0) is 7.52. The third-order valence-corrected chi connectivity index (χ3v) is 1.50. The predicted octanol–water partition coefficient (Wildman–Crippen LogP) is 1.67. The molecule has 2 heteroatoms. The van der Waals surface area contributed by atoms with Crippen molar-refractivity contribution < 1.29 is 9.78 Å². The van der Waals surface area contributed by atoms with Crippen LogP contribution in [0.25, 0.3) is 0 Å². The van der Waals surface area contributed by atoms with Gasteiger partial charge in [-0.1, -0.05) is 18.2 Å². The van der Waals surface area contributed by atoms with E-state index in [2.05, 4.69) is 17.9 Å². The summed E-state index contributed by atoms with van der Waals surface area (Å²) in [5.41, 5.74) is 1.07. The van der Waals surface area contributed by atoms with Crippen molar-refractivity contribution in [2.75, 3.05) is 0 Å². The fraction of sp³-hybridized carbons (Fsp3) is 0.111. The molecule has 1 aliphatic heterocycles. The molecule has 0 spiro atoms. The van der Waals surface area contributed by atoms with Crippen molar-refractivity contribution in [1.29, 1.82) is 0 Å². The van der Waals surface area contributed by atoms with Gasteiger partial charge in [0.1, 0.15) is 0 Å². The van der Waals surface area contributed by atoms with Crippen molar-refractivity contribution in [1.82, 2.24) is 0 Å². The van der Waals surface area contributed by atoms with Crippen LogP contribution in [0, 0.1) is 13.0 Å². The Morgan fingerprint density at radius 1 is 1.27 bits per heavy atom. The SMILES string of the molecule is [C]1[C]OOc2ccccc2C1. The molecule has 2 nitrogen and oxygen atoms in total. The van der Waals surface area contributed by atoms with Crippen LogP contribution in [0.2, 0.25) is 0 Å². The Hall–Kier alpha value is -1.02. The maximum atomic E-state index is 4.87. The minimum absolute atomic E-state index is 0.691. The summed E-state index contributed by atoms with van der Waals surface area (Å²) in [6, 6.07) is 7.67. The molecule has 2 rings (SSSR count). The first-order valence-corrected chi connectivity index (χ1v) is 3.36. The van der Waals surface area contributed by atoms with Crippen LogP contribution in [0.3, 0.4) is 0 Å². The first-order chi connectivity index (χ1) is 5.47. The molecule has 0 aliphatic carbocycles. The van der Waals surface area contributed by atoms with E-state index in [0.717, 1.165) is 11.3 Å². The van der Waals surface area contributed by atoms with Gasteiger partial charge in [0.05, 0.1) is 0 Å². The van der Waals surface area contributed by atoms with Crippen LogP contribution in [0.4, 0.5) is 0 Å². The Bertz CT molecular complexity index is 220. The Balaban J connectivity index is 2.33. The lowest BCUT2D eigenvalue weighted by Crippen LogP contribution is -1.90. The highest BCUT2D eigenvalue weighted by Crippen LogP contribution is 2.22. The van der Waals surface area contributed by atoms with E-state index in [0.29, 0.717) is 6.42 Å². The summed E-state index contributed by atoms with van der Waals surface area (Å²) in [5.74, 6) is 0.741. The summed E-state index contributed by atoms with van der Waals surface area (Å²) < 4.78 is 0. The third kappa shape index (κ3) is 1.35. The van der Waals surface area contributed by atoms with Crippen molar-refractivity contribution in [3.63, 3.8) is 0 Å². The molecule has 0 N–H and O–H groups in total. The molecule has 0 bridgehead atoms. The minimum atomic E-state index is 0.691. The number of rotatable bonds is 0. The van der Waals surface area contributed by atoms with E-state index in [9.17, 15) is 0 Å². The van der Waals surface area contributed by atoms with E-state index in [-0.39, 0.29) is 0 Å². The van der Waals surface area contributed by atoms with Gasteiger partial charge in [0.25, 0.3) is 0 Å². The monoisotopic (exact) mass is 146 g/mol. The van der Waals surface area contributed by atoms with Crippen molar-refractivity contribution >= 4 is 0 Å². The summed E-state index contributed by atoms with van der Waals surface area (Å²) in [4.78, 5) is 9.43. The molecule has 0 amide bonds. The molecular formula is C9H6O2. The second kappa shape index (κ2) is 2.93. The van der Waals surface area contributed by atoms with Gasteiger partial charge in [-0.25, -0.2) is 0 Å². The van der Waals surface area contributed by atoms with E-state index in [1.807, 2.05) is 24.3 Å². The molecule has 0 saturated carbocycles. The molecule has 1 aromatic carbocycles. The molecular weight excluding hydrogens is 140 g/mol. The zero-order valence-electron chi connectivity index (χ0n) is 5.83. The van der Waals surface area contributed by atoms with Gasteiger partial charge in [-0.05, 0) is 18.1 Å². The number of fused-ring (bicyclic) bond motifs is 1. The summed E-state index contributed by atoms with van der Waals surface area (Å²) in [5, 5.41) is 0. The van der Waals surface area contributed by atoms with Gasteiger partial charge in [0, 0.05) is 6.42 Å². The van der Waals surface area contributed by atoms with Gasteiger partial charge in [-0.3, -0.25) is 0 Å². The van der Waals surface area contributed by atoms with Crippen molar-refractivity contribution in [2.24, 2.45) is 0 Å². The Morgan fingerprint density at radius 2 is 2.18 bits per heavy atom. The average molecular weight is 146 g/mol. The fourth-order valence-electron chi connectivity index (χ4n) is 0.958. The highest BCUT2D eigenvalue weighted by atomic mass is 17.2. The fourth-order valence-corrected chi connectivity index (χ4v) is 0.958. The second-order valence-electron chi connectivity index (χ2n) is 2.23. The topological polar surface area (TPSA) is 18.5 Å². The van der Waals surface area contributed by atoms with Crippen LogP contribution < -0.4 is 4.89 Å². The molecule has 0 saturated heterocycles. The van der Waals surface area contributed by atoms with Crippen LogP contribution in [0.1, 0.15) is 5.56 Å². The van der Waals surface area contributed by atoms with Crippen molar-refractivity contribution in [3.8, 4) is 5.75 Å². The Morgan fingerprint density at radius 3 is 3.18 bits per heavy atom. The van der Waals surface area contributed by atoms with Gasteiger partial charge in [0.2, 0.25) is 0 Å². The Kier molecular flexibility index (Phi) is 1.78. The zero-order valence-corrected chi connectivity index (χ0v) is 5.83. The van der Waals surface area contributed by atoms with E-state index >= 15 is 0 Å². The van der Waals surface area contributed by atoms with Crippen molar-refractivity contribution in [3.05, 3.63) is 42.9 Å². The lowest BCUT2D eigenvalue weighted by molar-refractivity contribution is -0.167. The summed E-state index contributed by atoms with van der Waals surface area (Å²) in [6.07, 6.45) is 3.50. The highest BCUT2D eigenvalue weighted by Gasteiger charge is 2.09. The Labute approximate surface area is 65.7 Å². The van der Waals surface area contributed by atoms with Gasteiger partial charge in [-0.15, -0.1) is 0 Å². The predicted molar refractivity (Wildman–Crippen MR) is 38.3 cm³/mol. The van der Waals surface area contributed by atoms with E-state index in [1.165, 1.54) is 0 Å². The number of hydrogen-bond donors (Lipinski definition) is 0. The van der Waals surface area contributed by atoms with E-state index < -0.39 is 0 Å². The largest absolute Gasteiger partial charge is 0.336 e. The quantitative estimate of drug-likeness (QED) is 0.518. The average Bonchev–Trinajstić information content (AvgIpc) is 2.28. The number of para-hydroxylation sites is 1. The molecule has 0 unspecified atom stereocenters. The van der Waals surface area contributed by atoms with Crippen LogP contribution in [0.5, 0.6) is 5.75 Å². The third-order valence-electron chi connectivity index (χ3n) is 1.50. The first kappa shape index (κ1) is 6.68. The van der Waals surface area contributed by atoms with Crippen LogP contribution in [-0.2, 0) is 11.3 Å². The van der Waals surface area contributed by atoms with Gasteiger partial charge >= 0.3 is 0 Å². The molecule has 0 aromatic heterocycles. The molecule has 0 fully saturated rings. The molecule has 1 heterocycles. The molecule has 4 radical (unpaired) electrons.